The van der Waals surface area contributed by atoms with Crippen molar-refractivity contribution >= 4 is 14.5 Å². The second kappa shape index (κ2) is 4.24. The molecule has 0 aliphatic heterocycles. The van der Waals surface area contributed by atoms with Crippen LogP contribution in [0.1, 0.15) is 0 Å². The fourth-order valence-electron chi connectivity index (χ4n) is 0.453. The van der Waals surface area contributed by atoms with Gasteiger partial charge < -0.3 is 0 Å². The van der Waals surface area contributed by atoms with Crippen LogP contribution in [-0.4, -0.2) is 0 Å². The van der Waals surface area contributed by atoms with Gasteiger partial charge in [0.15, 0.2) is 0 Å². The van der Waals surface area contributed by atoms with Crippen LogP contribution in [0.3, 0.4) is 0 Å². The molecule has 1 rings (SSSR count). The maximum absolute atomic E-state index is 2.63. The van der Waals surface area contributed by atoms with Crippen LogP contribution < -0.4 is 5.30 Å². The van der Waals surface area contributed by atoms with Gasteiger partial charge in [0, 0.05) is 0 Å². The van der Waals surface area contributed by atoms with Crippen LogP contribution in [0.4, 0.5) is 0 Å². The molecule has 1 aromatic carbocycles. The van der Waals surface area contributed by atoms with Crippen LogP contribution in [0.25, 0.3) is 0 Å². The van der Waals surface area contributed by atoms with Crippen molar-refractivity contribution in [2.45, 2.75) is 0 Å². The first kappa shape index (κ1) is 8.34. The third-order valence-electron chi connectivity index (χ3n) is 0.800. The molecule has 1 aromatic rings. The summed E-state index contributed by atoms with van der Waals surface area (Å²) < 4.78 is 0. The molecule has 0 aromatic heterocycles. The van der Waals surface area contributed by atoms with E-state index in [0.717, 1.165) is 0 Å². The summed E-state index contributed by atoms with van der Waals surface area (Å²) in [6.07, 6.45) is 0. The van der Waals surface area contributed by atoms with E-state index >= 15 is 0 Å². The number of benzene rings is 1. The summed E-state index contributed by atoms with van der Waals surface area (Å²) in [5, 5.41) is 1.24. The van der Waals surface area contributed by atoms with Gasteiger partial charge in [0.05, 0.1) is 0 Å². The van der Waals surface area contributed by atoms with Crippen molar-refractivity contribution < 1.29 is 21.1 Å². The first-order valence-electron chi connectivity index (χ1n) is 2.20. The normalized spacial score (nSPS) is 7.62. The summed E-state index contributed by atoms with van der Waals surface area (Å²) in [6, 6.07) is 10.1. The van der Waals surface area contributed by atoms with E-state index in [4.69, 9.17) is 0 Å². The molecule has 0 radical (unpaired) electrons. The molecule has 0 N–H and O–H groups in total. The van der Waals surface area contributed by atoms with E-state index in [1.54, 1.807) is 0 Å². The van der Waals surface area contributed by atoms with E-state index in [-0.39, 0.29) is 21.1 Å². The minimum atomic E-state index is 0. The summed E-state index contributed by atoms with van der Waals surface area (Å²) in [4.78, 5) is 0. The van der Waals surface area contributed by atoms with Crippen LogP contribution in [-0.2, 0) is 21.1 Å². The van der Waals surface area contributed by atoms with Gasteiger partial charge in [0.25, 0.3) is 0 Å². The summed E-state index contributed by atoms with van der Waals surface area (Å²) in [5.41, 5.74) is 0. The molecule has 44 valence electrons. The number of rotatable bonds is 0. The number of hydrogen-bond donors (Lipinski definition) is 0. The molecule has 0 saturated carbocycles. The van der Waals surface area contributed by atoms with Gasteiger partial charge in [-0.25, -0.2) is 0 Å². The zero-order chi connectivity index (χ0) is 5.11. The molecule has 0 saturated heterocycles. The van der Waals surface area contributed by atoms with Crippen molar-refractivity contribution in [1.29, 1.82) is 0 Å². The van der Waals surface area contributed by atoms with Crippen molar-refractivity contribution in [3.63, 3.8) is 0 Å². The molecule has 0 bridgehead atoms. The van der Waals surface area contributed by atoms with Crippen LogP contribution in [0.5, 0.6) is 0 Å². The molecule has 0 nitrogen and oxygen atoms in total. The molecule has 1 atom stereocenters. The molecule has 8 heavy (non-hydrogen) atoms. The van der Waals surface area contributed by atoms with Crippen LogP contribution in [0.15, 0.2) is 30.3 Å². The van der Waals surface area contributed by atoms with Crippen molar-refractivity contribution in [3.05, 3.63) is 30.3 Å². The van der Waals surface area contributed by atoms with E-state index in [0.29, 0.717) is 0 Å². The topological polar surface area (TPSA) is 0 Å². The van der Waals surface area contributed by atoms with Gasteiger partial charge in [0.2, 0.25) is 0 Å². The molecule has 0 amide bonds. The Morgan fingerprint density at radius 1 is 1.00 bits per heavy atom. The Hall–Kier alpha value is 0.338. The molecule has 0 aliphatic rings. The smallest absolute Gasteiger partial charge is 0.106 e. The van der Waals surface area contributed by atoms with Crippen molar-refractivity contribution in [2.24, 2.45) is 0 Å². The van der Waals surface area contributed by atoms with Crippen LogP contribution in [0.2, 0.25) is 0 Å². The van der Waals surface area contributed by atoms with E-state index in [1.165, 1.54) is 5.30 Å². The molecule has 0 spiro atoms. The van der Waals surface area contributed by atoms with Crippen molar-refractivity contribution in [2.75, 3.05) is 0 Å². The summed E-state index contributed by atoms with van der Waals surface area (Å²) >= 11 is 0. The summed E-state index contributed by atoms with van der Waals surface area (Å²) in [7, 11) is 2.63. The van der Waals surface area contributed by atoms with Crippen LogP contribution in [0, 0.1) is 0 Å². The maximum Gasteiger partial charge on any atom is 2.00 e. The fourth-order valence-corrected chi connectivity index (χ4v) is 0.675. The second-order valence-electron chi connectivity index (χ2n) is 1.41. The molecule has 0 aliphatic carbocycles. The predicted molar refractivity (Wildman–Crippen MR) is 35.8 cm³/mol. The van der Waals surface area contributed by atoms with Gasteiger partial charge in [-0.1, -0.05) is 30.3 Å². The van der Waals surface area contributed by atoms with E-state index < -0.39 is 0 Å². The van der Waals surface area contributed by atoms with Gasteiger partial charge in [0.1, 0.15) is 0 Å². The summed E-state index contributed by atoms with van der Waals surface area (Å²) in [6.45, 7) is 0. The SMILES string of the molecule is Pc1ccccc1.[Pt+2]. The zero-order valence-corrected chi connectivity index (χ0v) is 7.71. The Bertz CT molecular complexity index is 138. The standard InChI is InChI=1S/C6H7P.Pt/c7-6-4-2-1-3-5-6;/h1-5H,7H2;/q;+2. The monoisotopic (exact) mass is 305 g/mol. The van der Waals surface area contributed by atoms with E-state index in [9.17, 15) is 0 Å². The molecular weight excluding hydrogens is 298 g/mol. The third kappa shape index (κ3) is 2.60. The van der Waals surface area contributed by atoms with Crippen molar-refractivity contribution in [3.8, 4) is 0 Å². The molecule has 0 fully saturated rings. The van der Waals surface area contributed by atoms with Crippen LogP contribution >= 0.6 is 9.24 Å². The average molecular weight is 305 g/mol. The van der Waals surface area contributed by atoms with E-state index in [1.807, 2.05) is 30.3 Å². The van der Waals surface area contributed by atoms with Gasteiger partial charge in [-0.3, -0.25) is 0 Å². The van der Waals surface area contributed by atoms with Gasteiger partial charge in [-0.05, 0) is 5.30 Å². The molecular formula is C6H7PPt+2. The Morgan fingerprint density at radius 3 is 1.75 bits per heavy atom. The fraction of sp³-hybridized carbons (Fsp3) is 0. The molecule has 0 heterocycles. The Kier molecular flexibility index (Phi) is 4.42. The van der Waals surface area contributed by atoms with Gasteiger partial charge >= 0.3 is 21.1 Å². The van der Waals surface area contributed by atoms with E-state index in [2.05, 4.69) is 9.24 Å². The predicted octanol–water partition coefficient (Wildman–Crippen LogP) is 1.18. The Labute approximate surface area is 66.1 Å². The maximum atomic E-state index is 2.63. The first-order valence-corrected chi connectivity index (χ1v) is 2.78. The van der Waals surface area contributed by atoms with Gasteiger partial charge in [-0.15, -0.1) is 9.24 Å². The first-order chi connectivity index (χ1) is 3.39. The third-order valence-corrected chi connectivity index (χ3v) is 1.18. The zero-order valence-electron chi connectivity index (χ0n) is 4.28. The largest absolute Gasteiger partial charge is 2.00 e. The Morgan fingerprint density at radius 2 is 1.50 bits per heavy atom. The summed E-state index contributed by atoms with van der Waals surface area (Å²) in [5.74, 6) is 0. The van der Waals surface area contributed by atoms with Gasteiger partial charge in [-0.2, -0.15) is 0 Å². The average Bonchev–Trinajstić information content (AvgIpc) is 1.69. The second-order valence-corrected chi connectivity index (χ2v) is 2.08. The minimum Gasteiger partial charge on any atom is -0.106 e. The Balaban J connectivity index is 0.000000490. The van der Waals surface area contributed by atoms with Crippen molar-refractivity contribution in [1.82, 2.24) is 0 Å². The molecule has 2 heteroatoms. The minimum absolute atomic E-state index is 0. The quantitative estimate of drug-likeness (QED) is 0.632. The number of hydrogen-bond acceptors (Lipinski definition) is 0. The molecule has 1 unspecified atom stereocenters.